The van der Waals surface area contributed by atoms with Gasteiger partial charge >= 0.3 is 5.97 Å². The van der Waals surface area contributed by atoms with E-state index in [-0.39, 0.29) is 32.1 Å². The molecule has 0 saturated carbocycles. The second-order valence-electron chi connectivity index (χ2n) is 3.90. The molecule has 0 aliphatic rings. The van der Waals surface area contributed by atoms with Gasteiger partial charge in [-0.2, -0.15) is 5.11 Å². The number of hydrogen-bond acceptors (Lipinski definition) is 4. The Kier molecular flexibility index (Phi) is 4.67. The highest BCUT2D eigenvalue weighted by Gasteiger charge is 2.14. The average Bonchev–Trinajstić information content (AvgIpc) is 2.45. The van der Waals surface area contributed by atoms with E-state index in [9.17, 15) is 9.90 Å². The van der Waals surface area contributed by atoms with Crippen LogP contribution < -0.4 is 0 Å². The zero-order chi connectivity index (χ0) is 15.6. The normalized spacial score (nSPS) is 11.0. The van der Waals surface area contributed by atoms with Crippen molar-refractivity contribution in [2.75, 3.05) is 0 Å². The monoisotopic (exact) mass is 344 g/mol. The Morgan fingerprint density at radius 1 is 1.00 bits per heavy atom. The summed E-state index contributed by atoms with van der Waals surface area (Å²) in [6.07, 6.45) is 0. The molecule has 0 bridgehead atoms. The maximum absolute atomic E-state index is 10.7. The molecule has 2 aromatic rings. The average molecular weight is 346 g/mol. The summed E-state index contributed by atoms with van der Waals surface area (Å²) in [5.41, 5.74) is 0.448. The van der Waals surface area contributed by atoms with E-state index >= 15 is 0 Å². The highest BCUT2D eigenvalue weighted by Crippen LogP contribution is 2.44. The fourth-order valence-corrected chi connectivity index (χ4v) is 2.08. The fraction of sp³-hybridized carbons (Fsp3) is 0. The Morgan fingerprint density at radius 2 is 1.62 bits per heavy atom. The van der Waals surface area contributed by atoms with Gasteiger partial charge in [-0.15, -0.1) is 5.11 Å². The van der Waals surface area contributed by atoms with Crippen molar-refractivity contribution >= 4 is 52.1 Å². The number of carbonyl (C=O) groups is 1. The molecule has 0 fully saturated rings. The Morgan fingerprint density at radius 3 is 2.19 bits per heavy atom. The van der Waals surface area contributed by atoms with Crippen LogP contribution >= 0.6 is 34.8 Å². The molecule has 0 heterocycles. The molecule has 21 heavy (non-hydrogen) atoms. The van der Waals surface area contributed by atoms with Gasteiger partial charge in [-0.3, -0.25) is 0 Å². The number of halogens is 3. The molecule has 5 nitrogen and oxygen atoms in total. The minimum absolute atomic E-state index is 0.000393. The standard InChI is InChI=1S/C13H7Cl3N2O3/c14-8-5-9(15)12(19)11(10(8)16)18-17-7-3-1-6(2-4-7)13(20)21/h1-5,19H,(H,20,21). The molecule has 0 amide bonds. The predicted octanol–water partition coefficient (Wildman–Crippen LogP) is 5.47. The SMILES string of the molecule is O=C(O)c1ccc(N=Nc2c(O)c(Cl)cc(Cl)c2Cl)cc1. The summed E-state index contributed by atoms with van der Waals surface area (Å²) in [6, 6.07) is 6.97. The van der Waals surface area contributed by atoms with Crippen molar-refractivity contribution in [1.29, 1.82) is 0 Å². The summed E-state index contributed by atoms with van der Waals surface area (Å²) in [5, 5.41) is 26.4. The second-order valence-corrected chi connectivity index (χ2v) is 5.10. The lowest BCUT2D eigenvalue weighted by Gasteiger charge is -2.04. The molecule has 0 aliphatic heterocycles. The van der Waals surface area contributed by atoms with Crippen molar-refractivity contribution in [3.05, 3.63) is 51.0 Å². The summed E-state index contributed by atoms with van der Waals surface area (Å²) >= 11 is 17.5. The molecule has 108 valence electrons. The van der Waals surface area contributed by atoms with Gasteiger partial charge < -0.3 is 10.2 Å². The number of rotatable bonds is 3. The predicted molar refractivity (Wildman–Crippen MR) is 80.7 cm³/mol. The summed E-state index contributed by atoms with van der Waals surface area (Å²) in [4.78, 5) is 10.7. The molecule has 2 N–H and O–H groups in total. The van der Waals surface area contributed by atoms with Crippen molar-refractivity contribution in [2.45, 2.75) is 0 Å². The lowest BCUT2D eigenvalue weighted by molar-refractivity contribution is 0.0697. The third-order valence-electron chi connectivity index (χ3n) is 2.50. The van der Waals surface area contributed by atoms with Gasteiger partial charge in [0.2, 0.25) is 0 Å². The van der Waals surface area contributed by atoms with Crippen LogP contribution in [0.15, 0.2) is 40.6 Å². The number of azo groups is 1. The molecule has 2 rings (SSSR count). The number of phenols is 1. The number of benzene rings is 2. The number of aromatic hydroxyl groups is 1. The van der Waals surface area contributed by atoms with Crippen LogP contribution in [0, 0.1) is 0 Å². The van der Waals surface area contributed by atoms with E-state index in [0.29, 0.717) is 5.69 Å². The molecular formula is C13H7Cl3N2O3. The lowest BCUT2D eigenvalue weighted by Crippen LogP contribution is -1.93. The molecule has 0 spiro atoms. The number of hydrogen-bond donors (Lipinski definition) is 2. The first kappa shape index (κ1) is 15.6. The molecule has 0 aliphatic carbocycles. The van der Waals surface area contributed by atoms with Crippen molar-refractivity contribution < 1.29 is 15.0 Å². The Labute approximate surface area is 134 Å². The van der Waals surface area contributed by atoms with Crippen LogP contribution in [-0.4, -0.2) is 16.2 Å². The van der Waals surface area contributed by atoms with Gasteiger partial charge in [-0.05, 0) is 30.3 Å². The van der Waals surface area contributed by atoms with E-state index in [1.54, 1.807) is 0 Å². The fourth-order valence-electron chi connectivity index (χ4n) is 1.44. The van der Waals surface area contributed by atoms with Gasteiger partial charge in [0, 0.05) is 0 Å². The smallest absolute Gasteiger partial charge is 0.335 e. The third kappa shape index (κ3) is 3.44. The lowest BCUT2D eigenvalue weighted by atomic mass is 10.2. The largest absolute Gasteiger partial charge is 0.504 e. The minimum atomic E-state index is -1.04. The van der Waals surface area contributed by atoms with Gasteiger partial charge in [0.15, 0.2) is 5.75 Å². The molecule has 0 unspecified atom stereocenters. The van der Waals surface area contributed by atoms with Gasteiger partial charge in [0.1, 0.15) is 5.69 Å². The zero-order valence-corrected chi connectivity index (χ0v) is 12.5. The van der Waals surface area contributed by atoms with Gasteiger partial charge in [-0.1, -0.05) is 34.8 Å². The first-order chi connectivity index (χ1) is 9.90. The first-order valence-corrected chi connectivity index (χ1v) is 6.65. The Hall–Kier alpha value is -1.82. The summed E-state index contributed by atoms with van der Waals surface area (Å²) in [6.45, 7) is 0. The van der Waals surface area contributed by atoms with Crippen LogP contribution in [0.5, 0.6) is 5.75 Å². The van der Waals surface area contributed by atoms with Crippen LogP contribution in [0.3, 0.4) is 0 Å². The zero-order valence-electron chi connectivity index (χ0n) is 10.2. The first-order valence-electron chi connectivity index (χ1n) is 5.51. The van der Waals surface area contributed by atoms with E-state index in [0.717, 1.165) is 0 Å². The molecule has 0 radical (unpaired) electrons. The number of carboxylic acid groups (broad SMARTS) is 1. The highest BCUT2D eigenvalue weighted by molar-refractivity contribution is 6.45. The third-order valence-corrected chi connectivity index (χ3v) is 3.57. The van der Waals surface area contributed by atoms with E-state index < -0.39 is 5.97 Å². The van der Waals surface area contributed by atoms with Crippen LogP contribution in [0.25, 0.3) is 0 Å². The molecule has 2 aromatic carbocycles. The van der Waals surface area contributed by atoms with Gasteiger partial charge in [0.05, 0.1) is 26.3 Å². The van der Waals surface area contributed by atoms with Gasteiger partial charge in [-0.25, -0.2) is 4.79 Å². The maximum Gasteiger partial charge on any atom is 0.335 e. The molecular weight excluding hydrogens is 339 g/mol. The minimum Gasteiger partial charge on any atom is -0.504 e. The summed E-state index contributed by atoms with van der Waals surface area (Å²) in [7, 11) is 0. The van der Waals surface area contributed by atoms with Crippen LogP contribution in [0.2, 0.25) is 15.1 Å². The van der Waals surface area contributed by atoms with Crippen molar-refractivity contribution in [3.8, 4) is 5.75 Å². The van der Waals surface area contributed by atoms with E-state index in [2.05, 4.69) is 10.2 Å². The second kappa shape index (κ2) is 6.30. The quantitative estimate of drug-likeness (QED) is 0.572. The topological polar surface area (TPSA) is 82.2 Å². The van der Waals surface area contributed by atoms with Gasteiger partial charge in [0.25, 0.3) is 0 Å². The number of phenolic OH excluding ortho intramolecular Hbond substituents is 1. The van der Waals surface area contributed by atoms with Crippen LogP contribution in [0.4, 0.5) is 11.4 Å². The van der Waals surface area contributed by atoms with E-state index in [1.165, 1.54) is 30.3 Å². The van der Waals surface area contributed by atoms with E-state index in [4.69, 9.17) is 39.9 Å². The highest BCUT2D eigenvalue weighted by atomic mass is 35.5. The van der Waals surface area contributed by atoms with E-state index in [1.807, 2.05) is 0 Å². The summed E-state index contributed by atoms with van der Waals surface area (Å²) < 4.78 is 0. The van der Waals surface area contributed by atoms with Crippen molar-refractivity contribution in [1.82, 2.24) is 0 Å². The Balaban J connectivity index is 2.35. The Bertz CT molecular complexity index is 704. The summed E-state index contributed by atoms with van der Waals surface area (Å²) in [5.74, 6) is -1.38. The van der Waals surface area contributed by atoms with Crippen LogP contribution in [0.1, 0.15) is 10.4 Å². The van der Waals surface area contributed by atoms with Crippen LogP contribution in [-0.2, 0) is 0 Å². The number of aromatic carboxylic acids is 1. The van der Waals surface area contributed by atoms with Crippen molar-refractivity contribution in [3.63, 3.8) is 0 Å². The molecule has 0 atom stereocenters. The molecule has 8 heteroatoms. The number of carboxylic acids is 1. The van der Waals surface area contributed by atoms with Crippen molar-refractivity contribution in [2.24, 2.45) is 10.2 Å². The molecule has 0 saturated heterocycles. The molecule has 0 aromatic heterocycles. The number of nitrogens with zero attached hydrogens (tertiary/aromatic N) is 2. The maximum atomic E-state index is 10.7.